The summed E-state index contributed by atoms with van der Waals surface area (Å²) >= 11 is 1.43. The number of benzene rings is 1. The van der Waals surface area contributed by atoms with Crippen molar-refractivity contribution in [3.8, 4) is 0 Å². The average Bonchev–Trinajstić information content (AvgIpc) is 2.64. The molecule has 0 saturated carbocycles. The van der Waals surface area contributed by atoms with Crippen molar-refractivity contribution in [1.82, 2.24) is 9.78 Å². The monoisotopic (exact) mass is 290 g/mol. The van der Waals surface area contributed by atoms with Gasteiger partial charge in [-0.3, -0.25) is 4.68 Å². The van der Waals surface area contributed by atoms with Crippen molar-refractivity contribution in [2.75, 3.05) is 0 Å². The molecule has 106 valence electrons. The quantitative estimate of drug-likeness (QED) is 0.932. The highest BCUT2D eigenvalue weighted by atomic mass is 32.2. The van der Waals surface area contributed by atoms with E-state index in [0.717, 1.165) is 4.90 Å². The number of nitrogens with zero attached hydrogens (tertiary/aromatic N) is 2. The summed E-state index contributed by atoms with van der Waals surface area (Å²) in [5.74, 6) is -0.445. The minimum Gasteiger partial charge on any atom is -0.478 e. The van der Waals surface area contributed by atoms with E-state index in [1.54, 1.807) is 18.7 Å². The van der Waals surface area contributed by atoms with Gasteiger partial charge in [-0.25, -0.2) is 4.79 Å². The Balaban J connectivity index is 2.32. The number of hydrogen-bond donors (Lipinski definition) is 1. The summed E-state index contributed by atoms with van der Waals surface area (Å²) in [6, 6.07) is 8.20. The van der Waals surface area contributed by atoms with Crippen LogP contribution in [0.25, 0.3) is 0 Å². The van der Waals surface area contributed by atoms with Crippen molar-refractivity contribution < 1.29 is 9.90 Å². The largest absolute Gasteiger partial charge is 0.478 e. The zero-order valence-electron chi connectivity index (χ0n) is 12.0. The van der Waals surface area contributed by atoms with E-state index in [4.69, 9.17) is 0 Å². The summed E-state index contributed by atoms with van der Waals surface area (Å²) in [6.45, 7) is 6.01. The molecule has 0 aliphatic carbocycles. The molecule has 0 aliphatic rings. The Labute approximate surface area is 122 Å². The second kappa shape index (κ2) is 5.71. The lowest BCUT2D eigenvalue weighted by atomic mass is 10.0. The molecule has 0 unspecified atom stereocenters. The molecule has 5 heteroatoms. The second-order valence-electron chi connectivity index (χ2n) is 5.02. The summed E-state index contributed by atoms with van der Waals surface area (Å²) in [6.07, 6.45) is 0. The first kappa shape index (κ1) is 14.7. The minimum atomic E-state index is -0.933. The van der Waals surface area contributed by atoms with Gasteiger partial charge in [0.25, 0.3) is 0 Å². The van der Waals surface area contributed by atoms with Crippen LogP contribution in [-0.2, 0) is 7.05 Å². The van der Waals surface area contributed by atoms with Gasteiger partial charge in [-0.05, 0) is 30.5 Å². The smallest absolute Gasteiger partial charge is 0.340 e. The van der Waals surface area contributed by atoms with Crippen molar-refractivity contribution in [2.24, 2.45) is 7.05 Å². The van der Waals surface area contributed by atoms with Crippen LogP contribution in [0.15, 0.2) is 34.2 Å². The third-order valence-electron chi connectivity index (χ3n) is 3.14. The zero-order valence-corrected chi connectivity index (χ0v) is 12.9. The first-order valence-corrected chi connectivity index (χ1v) is 7.26. The highest BCUT2D eigenvalue weighted by Gasteiger charge is 2.20. The molecule has 1 aromatic heterocycles. The molecule has 2 aromatic rings. The Kier molecular flexibility index (Phi) is 4.18. The van der Waals surface area contributed by atoms with Crippen LogP contribution in [0.3, 0.4) is 0 Å². The van der Waals surface area contributed by atoms with Gasteiger partial charge in [0.1, 0.15) is 10.6 Å². The molecule has 2 rings (SSSR count). The number of aryl methyl sites for hydroxylation is 2. The standard InChI is InChI=1S/C15H18N2O2S/c1-9(2)11-5-7-12(8-6-11)20-14-13(15(18)19)10(3)16-17(14)4/h5-9H,1-4H3,(H,18,19). The number of rotatable bonds is 4. The van der Waals surface area contributed by atoms with Gasteiger partial charge in [0.2, 0.25) is 0 Å². The summed E-state index contributed by atoms with van der Waals surface area (Å²) in [5.41, 5.74) is 2.10. The normalized spacial score (nSPS) is 11.1. The van der Waals surface area contributed by atoms with Crippen LogP contribution < -0.4 is 0 Å². The van der Waals surface area contributed by atoms with Gasteiger partial charge in [0, 0.05) is 11.9 Å². The number of carbonyl (C=O) groups is 1. The van der Waals surface area contributed by atoms with Gasteiger partial charge in [-0.15, -0.1) is 0 Å². The fourth-order valence-electron chi connectivity index (χ4n) is 2.03. The van der Waals surface area contributed by atoms with E-state index in [1.807, 2.05) is 12.1 Å². The molecule has 0 radical (unpaired) electrons. The van der Waals surface area contributed by atoms with Crippen molar-refractivity contribution in [2.45, 2.75) is 36.6 Å². The summed E-state index contributed by atoms with van der Waals surface area (Å²) < 4.78 is 1.62. The Bertz CT molecular complexity index is 630. The highest BCUT2D eigenvalue weighted by molar-refractivity contribution is 7.99. The van der Waals surface area contributed by atoms with Gasteiger partial charge in [0.15, 0.2) is 0 Å². The summed E-state index contributed by atoms with van der Waals surface area (Å²) in [7, 11) is 1.77. The first-order valence-electron chi connectivity index (χ1n) is 6.45. The van der Waals surface area contributed by atoms with Gasteiger partial charge in [-0.1, -0.05) is 37.7 Å². The van der Waals surface area contributed by atoms with E-state index >= 15 is 0 Å². The molecule has 1 heterocycles. The zero-order chi connectivity index (χ0) is 14.9. The van der Waals surface area contributed by atoms with Crippen LogP contribution in [0.1, 0.15) is 41.4 Å². The lowest BCUT2D eigenvalue weighted by Crippen LogP contribution is -2.00. The lowest BCUT2D eigenvalue weighted by molar-refractivity contribution is 0.0692. The van der Waals surface area contributed by atoms with Crippen LogP contribution in [0.2, 0.25) is 0 Å². The van der Waals surface area contributed by atoms with E-state index in [0.29, 0.717) is 16.6 Å². The molecule has 0 atom stereocenters. The molecule has 0 spiro atoms. The van der Waals surface area contributed by atoms with Crippen molar-refractivity contribution in [3.63, 3.8) is 0 Å². The fourth-order valence-corrected chi connectivity index (χ4v) is 3.04. The SMILES string of the molecule is Cc1nn(C)c(Sc2ccc(C(C)C)cc2)c1C(=O)O. The maximum absolute atomic E-state index is 11.3. The number of aromatic carboxylic acids is 1. The molecule has 1 aromatic carbocycles. The maximum Gasteiger partial charge on any atom is 0.340 e. The number of hydrogen-bond acceptors (Lipinski definition) is 3. The van der Waals surface area contributed by atoms with E-state index in [9.17, 15) is 9.90 Å². The number of carboxylic acids is 1. The molecule has 0 amide bonds. The van der Waals surface area contributed by atoms with Gasteiger partial charge in [0.05, 0.1) is 5.69 Å². The average molecular weight is 290 g/mol. The third kappa shape index (κ3) is 2.88. The predicted octanol–water partition coefficient (Wildman–Crippen LogP) is 3.70. The van der Waals surface area contributed by atoms with Crippen molar-refractivity contribution in [1.29, 1.82) is 0 Å². The molecule has 0 fully saturated rings. The van der Waals surface area contributed by atoms with E-state index in [-0.39, 0.29) is 5.56 Å². The molecular formula is C15H18N2O2S. The van der Waals surface area contributed by atoms with Gasteiger partial charge >= 0.3 is 5.97 Å². The highest BCUT2D eigenvalue weighted by Crippen LogP contribution is 2.32. The lowest BCUT2D eigenvalue weighted by Gasteiger charge is -2.07. The molecule has 1 N–H and O–H groups in total. The fraction of sp³-hybridized carbons (Fsp3) is 0.333. The first-order chi connectivity index (χ1) is 9.40. The van der Waals surface area contributed by atoms with Crippen LogP contribution in [-0.4, -0.2) is 20.9 Å². The van der Waals surface area contributed by atoms with E-state index in [2.05, 4.69) is 31.1 Å². The number of aromatic nitrogens is 2. The van der Waals surface area contributed by atoms with Crippen molar-refractivity contribution in [3.05, 3.63) is 41.1 Å². The van der Waals surface area contributed by atoms with Crippen LogP contribution in [0.4, 0.5) is 0 Å². The maximum atomic E-state index is 11.3. The molecule has 4 nitrogen and oxygen atoms in total. The molecule has 0 saturated heterocycles. The molecular weight excluding hydrogens is 272 g/mol. The summed E-state index contributed by atoms with van der Waals surface area (Å²) in [5, 5.41) is 14.1. The predicted molar refractivity (Wildman–Crippen MR) is 79.6 cm³/mol. The van der Waals surface area contributed by atoms with Crippen LogP contribution >= 0.6 is 11.8 Å². The topological polar surface area (TPSA) is 55.1 Å². The third-order valence-corrected chi connectivity index (χ3v) is 4.31. The number of carboxylic acid groups (broad SMARTS) is 1. The Hall–Kier alpha value is -1.75. The molecule has 20 heavy (non-hydrogen) atoms. The van der Waals surface area contributed by atoms with Crippen molar-refractivity contribution >= 4 is 17.7 Å². The molecule has 0 bridgehead atoms. The van der Waals surface area contributed by atoms with E-state index in [1.165, 1.54) is 17.3 Å². The Morgan fingerprint density at radius 1 is 1.30 bits per heavy atom. The van der Waals surface area contributed by atoms with Crippen LogP contribution in [0.5, 0.6) is 0 Å². The second-order valence-corrected chi connectivity index (χ2v) is 6.08. The van der Waals surface area contributed by atoms with Gasteiger partial charge in [-0.2, -0.15) is 5.10 Å². The minimum absolute atomic E-state index is 0.283. The van der Waals surface area contributed by atoms with Gasteiger partial charge < -0.3 is 5.11 Å². The Morgan fingerprint density at radius 3 is 2.40 bits per heavy atom. The van der Waals surface area contributed by atoms with E-state index < -0.39 is 5.97 Å². The molecule has 0 aliphatic heterocycles. The van der Waals surface area contributed by atoms with Crippen LogP contribution in [0, 0.1) is 6.92 Å². The summed E-state index contributed by atoms with van der Waals surface area (Å²) in [4.78, 5) is 12.3. The Morgan fingerprint density at radius 2 is 1.90 bits per heavy atom.